The van der Waals surface area contributed by atoms with Crippen LogP contribution in [-0.2, 0) is 61.9 Å². The Bertz CT molecular complexity index is 1760. The van der Waals surface area contributed by atoms with E-state index in [1.165, 1.54) is 4.90 Å². The van der Waals surface area contributed by atoms with E-state index < -0.39 is 264 Å². The molecule has 4 saturated heterocycles. The van der Waals surface area contributed by atoms with Crippen molar-refractivity contribution in [2.45, 2.75) is 123 Å². The van der Waals surface area contributed by atoms with E-state index in [0.717, 1.165) is 19.6 Å². The fourth-order valence-electron chi connectivity index (χ4n) is 9.08. The Labute approximate surface area is 473 Å². The predicted octanol–water partition coefficient (Wildman–Crippen LogP) is -13.9. The maximum atomic E-state index is 14.0. The van der Waals surface area contributed by atoms with Gasteiger partial charge in [0.05, 0.1) is 85.6 Å². The van der Waals surface area contributed by atoms with Gasteiger partial charge in [0.15, 0.2) is 25.2 Å². The zero-order valence-electron chi connectivity index (χ0n) is 44.9. The summed E-state index contributed by atoms with van der Waals surface area (Å²) in [6, 6.07) is 0. The molecule has 83 heavy (non-hydrogen) atoms. The van der Waals surface area contributed by atoms with Gasteiger partial charge < -0.3 is 145 Å². The summed E-state index contributed by atoms with van der Waals surface area (Å²) in [7, 11) is 0. The van der Waals surface area contributed by atoms with Gasteiger partial charge in [-0.25, -0.2) is 0 Å². The number of aliphatic hydroxyl groups excluding tert-OH is 16. The molecule has 2 amide bonds. The van der Waals surface area contributed by atoms with Crippen molar-refractivity contribution in [1.82, 2.24) is 24.5 Å². The quantitative estimate of drug-likeness (QED) is 0.0277. The molecular formula is C46H81N5O32. The van der Waals surface area contributed by atoms with E-state index in [2.05, 4.69) is 0 Å². The van der Waals surface area contributed by atoms with E-state index in [-0.39, 0.29) is 26.2 Å². The molecule has 0 radical (unpaired) electrons. The highest BCUT2D eigenvalue weighted by Gasteiger charge is 2.47. The topological polar surface area (TPSA) is 560 Å². The fraction of sp³-hybridized carbons (Fsp3) is 0.891. The number of nitrogens with zero attached hydrogens (tertiary/aromatic N) is 5. The van der Waals surface area contributed by atoms with Crippen LogP contribution in [0, 0.1) is 0 Å². The van der Waals surface area contributed by atoms with Gasteiger partial charge in [-0.1, -0.05) is 0 Å². The summed E-state index contributed by atoms with van der Waals surface area (Å²) in [5.74, 6) is -5.96. The molecule has 37 heteroatoms. The van der Waals surface area contributed by atoms with Crippen LogP contribution < -0.4 is 0 Å². The van der Waals surface area contributed by atoms with Crippen molar-refractivity contribution in [3.8, 4) is 0 Å². The number of ether oxygens (including phenoxy) is 8. The molecule has 0 aromatic carbocycles. The Morgan fingerprint density at radius 1 is 0.301 bits per heavy atom. The lowest BCUT2D eigenvalue weighted by Crippen LogP contribution is -2.59. The van der Waals surface area contributed by atoms with Crippen molar-refractivity contribution >= 4 is 29.7 Å². The van der Waals surface area contributed by atoms with Gasteiger partial charge in [0.1, 0.15) is 97.7 Å². The van der Waals surface area contributed by atoms with Crippen molar-refractivity contribution in [2.75, 3.05) is 138 Å². The van der Waals surface area contributed by atoms with Crippen LogP contribution in [0.3, 0.4) is 0 Å². The Balaban J connectivity index is 1.47. The minimum absolute atomic E-state index is 0.307. The molecule has 0 aromatic heterocycles. The van der Waals surface area contributed by atoms with Crippen LogP contribution in [0.5, 0.6) is 0 Å². The summed E-state index contributed by atoms with van der Waals surface area (Å²) in [4.78, 5) is 70.0. The molecule has 4 fully saturated rings. The Hall–Kier alpha value is -3.73. The maximum Gasteiger partial charge on any atom is 0.317 e. The minimum Gasteiger partial charge on any atom is -0.480 e. The average molecular weight is 1220 g/mol. The highest BCUT2D eigenvalue weighted by Crippen LogP contribution is 2.26. The summed E-state index contributed by atoms with van der Waals surface area (Å²) in [6.45, 7) is -11.8. The third kappa shape index (κ3) is 21.3. The van der Waals surface area contributed by atoms with Crippen LogP contribution in [-0.4, -0.2) is 412 Å². The standard InChI is InChI=1S/C46H81N5O32/c52-18-22-31(64)35(68)39(72)43(80-22)76-9-5-50(6-10-77-44-40(73)36(69)32(65)23(19-53)81-44)26(56)13-48(16-29(60)61)3-1-47(15-28(58)59)2-4-49(17-30(62)63)14-27(57)51(7-11-78-45-41(74)37(70)33(66)24(20-54)82-45)8-12-79-46-42(75)38(71)34(67)25(21-55)83-46/h22-25,31-46,52-55,64-75H,1-21H2,(H,58,59)(H,60,61)(H,62,63)/t22-,23-,24+,25+,31+,32+,33-,34-,35-,36-,37+,38+,39-,40-,41+,42+,43?,44?,45?,46?. The molecule has 4 rings (SSSR count). The van der Waals surface area contributed by atoms with Gasteiger partial charge in [0, 0.05) is 52.4 Å². The number of carbonyl (C=O) groups is 5. The van der Waals surface area contributed by atoms with E-state index in [4.69, 9.17) is 37.9 Å². The van der Waals surface area contributed by atoms with Gasteiger partial charge >= 0.3 is 17.9 Å². The predicted molar refractivity (Wildman–Crippen MR) is 264 cm³/mol. The van der Waals surface area contributed by atoms with Crippen molar-refractivity contribution in [3.63, 3.8) is 0 Å². The number of aliphatic hydroxyl groups is 16. The van der Waals surface area contributed by atoms with Crippen LogP contribution in [0.2, 0.25) is 0 Å². The number of carboxylic acids is 3. The summed E-state index contributed by atoms with van der Waals surface area (Å²) in [5.41, 5.74) is 0. The van der Waals surface area contributed by atoms with Gasteiger partial charge in [0.2, 0.25) is 11.8 Å². The summed E-state index contributed by atoms with van der Waals surface area (Å²) in [6.07, 6.45) is -33.5. The SMILES string of the molecule is O=C(O)CN(CCN(CC(=O)O)CC(=O)N(CCOC1O[C@@H](CO)[C@@H](O)[C@H](O)[C@@H]1O)CCOC1O[C@@H](CO)[C@@H](O)[C@H](O)[C@@H]1O)CCN(CC(=O)O)CC(=O)N(CCOC1O[C@H](CO)[C@H](O)[C@@H](O)[C@H]1O)CCOC1O[C@H](CO)[C@H](O)[C@@H](O)[C@H]1O. The Morgan fingerprint density at radius 2 is 0.518 bits per heavy atom. The maximum absolute atomic E-state index is 14.0. The van der Waals surface area contributed by atoms with Crippen LogP contribution >= 0.6 is 0 Å². The monoisotopic (exact) mass is 1220 g/mol. The van der Waals surface area contributed by atoms with Crippen molar-refractivity contribution in [2.24, 2.45) is 0 Å². The van der Waals surface area contributed by atoms with Gasteiger partial charge in [-0.2, -0.15) is 0 Å². The van der Waals surface area contributed by atoms with Crippen LogP contribution in [0.15, 0.2) is 0 Å². The lowest BCUT2D eigenvalue weighted by molar-refractivity contribution is -0.303. The number of carboxylic acid groups (broad SMARTS) is 3. The summed E-state index contributed by atoms with van der Waals surface area (Å²) >= 11 is 0. The number of amides is 2. The normalized spacial score (nSPS) is 34.1. The minimum atomic E-state index is -1.83. The molecule has 4 heterocycles. The van der Waals surface area contributed by atoms with Crippen LogP contribution in [0.25, 0.3) is 0 Å². The number of aliphatic carboxylic acids is 3. The first-order valence-corrected chi connectivity index (χ1v) is 26.3. The molecule has 20 atom stereocenters. The van der Waals surface area contributed by atoms with Crippen molar-refractivity contribution < 1.29 is 159 Å². The summed E-state index contributed by atoms with van der Waals surface area (Å²) < 4.78 is 43.5. The molecule has 482 valence electrons. The van der Waals surface area contributed by atoms with Gasteiger partial charge in [0.25, 0.3) is 0 Å². The largest absolute Gasteiger partial charge is 0.480 e. The van der Waals surface area contributed by atoms with Gasteiger partial charge in [-0.15, -0.1) is 0 Å². The lowest BCUT2D eigenvalue weighted by atomic mass is 9.99. The first-order valence-electron chi connectivity index (χ1n) is 26.3. The Morgan fingerprint density at radius 3 is 0.735 bits per heavy atom. The first-order chi connectivity index (χ1) is 39.3. The Kier molecular flexibility index (Phi) is 30.4. The zero-order valence-corrected chi connectivity index (χ0v) is 44.9. The summed E-state index contributed by atoms with van der Waals surface area (Å²) in [5, 5.41) is 191. The molecular weight excluding hydrogens is 1130 g/mol. The van der Waals surface area contributed by atoms with Gasteiger partial charge in [-0.05, 0) is 0 Å². The molecule has 4 aliphatic rings. The molecule has 0 aliphatic carbocycles. The van der Waals surface area contributed by atoms with E-state index >= 15 is 0 Å². The highest BCUT2D eigenvalue weighted by molar-refractivity contribution is 5.80. The highest BCUT2D eigenvalue weighted by atomic mass is 16.7. The third-order valence-electron chi connectivity index (χ3n) is 13.9. The zero-order chi connectivity index (χ0) is 61.8. The van der Waals surface area contributed by atoms with Crippen molar-refractivity contribution in [3.05, 3.63) is 0 Å². The molecule has 0 aromatic rings. The van der Waals surface area contributed by atoms with E-state index in [1.54, 1.807) is 0 Å². The van der Waals surface area contributed by atoms with E-state index in [0.29, 0.717) is 0 Å². The first kappa shape index (κ1) is 71.7. The van der Waals surface area contributed by atoms with Gasteiger partial charge in [-0.3, -0.25) is 38.7 Å². The van der Waals surface area contributed by atoms with Crippen LogP contribution in [0.1, 0.15) is 0 Å². The van der Waals surface area contributed by atoms with Crippen LogP contribution in [0.4, 0.5) is 0 Å². The molecule has 4 unspecified atom stereocenters. The third-order valence-corrected chi connectivity index (χ3v) is 13.9. The number of hydrogen-bond donors (Lipinski definition) is 19. The number of rotatable bonds is 36. The van der Waals surface area contributed by atoms with E-state index in [1.807, 2.05) is 0 Å². The molecule has 0 spiro atoms. The molecule has 19 N–H and O–H groups in total. The molecule has 0 bridgehead atoms. The average Bonchev–Trinajstić information content (AvgIpc) is 3.56. The molecule has 0 saturated carbocycles. The van der Waals surface area contributed by atoms with Crippen molar-refractivity contribution in [1.29, 1.82) is 0 Å². The molecule has 37 nitrogen and oxygen atoms in total. The van der Waals surface area contributed by atoms with E-state index in [9.17, 15) is 121 Å². The second kappa shape index (κ2) is 35.2. The number of carbonyl (C=O) groups excluding carboxylic acids is 2. The smallest absolute Gasteiger partial charge is 0.317 e. The number of hydrogen-bond acceptors (Lipinski definition) is 32. The second-order valence-electron chi connectivity index (χ2n) is 19.9. The lowest BCUT2D eigenvalue weighted by Gasteiger charge is -2.40. The second-order valence-corrected chi connectivity index (χ2v) is 19.9. The fourth-order valence-corrected chi connectivity index (χ4v) is 9.08. The molecule has 4 aliphatic heterocycles.